The molecule has 1 unspecified atom stereocenters. The summed E-state index contributed by atoms with van der Waals surface area (Å²) in [6.45, 7) is 1.51. The summed E-state index contributed by atoms with van der Waals surface area (Å²) in [6.07, 6.45) is 0.167. The van der Waals surface area contributed by atoms with Crippen molar-refractivity contribution in [2.45, 2.75) is 12.5 Å². The van der Waals surface area contributed by atoms with Crippen LogP contribution in [0.25, 0.3) is 0 Å². The molecule has 3 N–H and O–H groups in total. The molecular weight excluding hydrogens is 301 g/mol. The average Bonchev–Trinajstić information content (AvgIpc) is 2.43. The van der Waals surface area contributed by atoms with Crippen molar-refractivity contribution in [2.75, 3.05) is 19.6 Å². The SMILES string of the molecule is NC(=O)C1CNCCN1C(=O)Cc1ccc(Cl)c(Cl)c1. The van der Waals surface area contributed by atoms with Crippen molar-refractivity contribution in [1.29, 1.82) is 0 Å². The van der Waals surface area contributed by atoms with Crippen molar-refractivity contribution >= 4 is 35.0 Å². The van der Waals surface area contributed by atoms with Gasteiger partial charge < -0.3 is 16.0 Å². The van der Waals surface area contributed by atoms with E-state index in [0.29, 0.717) is 29.7 Å². The third-order valence-corrected chi connectivity index (χ3v) is 3.97. The Kier molecular flexibility index (Phi) is 4.86. The van der Waals surface area contributed by atoms with Crippen molar-refractivity contribution in [3.05, 3.63) is 33.8 Å². The van der Waals surface area contributed by atoms with Crippen LogP contribution in [0.1, 0.15) is 5.56 Å². The summed E-state index contributed by atoms with van der Waals surface area (Å²) < 4.78 is 0. The van der Waals surface area contributed by atoms with E-state index in [9.17, 15) is 9.59 Å². The van der Waals surface area contributed by atoms with E-state index in [4.69, 9.17) is 28.9 Å². The number of carbonyl (C=O) groups is 2. The van der Waals surface area contributed by atoms with Gasteiger partial charge in [0.25, 0.3) is 0 Å². The number of nitrogens with two attached hydrogens (primary N) is 1. The summed E-state index contributed by atoms with van der Waals surface area (Å²) in [5, 5.41) is 3.90. The Hall–Kier alpha value is -1.30. The fraction of sp³-hybridized carbons (Fsp3) is 0.385. The molecule has 0 spiro atoms. The number of benzene rings is 1. The number of nitrogens with zero attached hydrogens (tertiary/aromatic N) is 1. The zero-order valence-corrected chi connectivity index (χ0v) is 12.2. The van der Waals surface area contributed by atoms with Gasteiger partial charge in [0.1, 0.15) is 6.04 Å². The zero-order chi connectivity index (χ0) is 14.7. The van der Waals surface area contributed by atoms with Gasteiger partial charge in [0.15, 0.2) is 0 Å². The van der Waals surface area contributed by atoms with Crippen LogP contribution < -0.4 is 11.1 Å². The van der Waals surface area contributed by atoms with Crippen LogP contribution in [0, 0.1) is 0 Å². The largest absolute Gasteiger partial charge is 0.368 e. The first-order valence-electron chi connectivity index (χ1n) is 6.22. The second-order valence-electron chi connectivity index (χ2n) is 4.63. The van der Waals surface area contributed by atoms with Gasteiger partial charge in [-0.05, 0) is 17.7 Å². The van der Waals surface area contributed by atoms with Gasteiger partial charge >= 0.3 is 0 Å². The van der Waals surface area contributed by atoms with Gasteiger partial charge in [-0.2, -0.15) is 0 Å². The summed E-state index contributed by atoms with van der Waals surface area (Å²) in [6, 6.07) is 4.45. The number of rotatable bonds is 3. The first-order chi connectivity index (χ1) is 9.49. The predicted molar refractivity (Wildman–Crippen MR) is 77.7 cm³/mol. The molecule has 1 aliphatic heterocycles. The van der Waals surface area contributed by atoms with Crippen LogP contribution >= 0.6 is 23.2 Å². The van der Waals surface area contributed by atoms with Gasteiger partial charge in [-0.3, -0.25) is 9.59 Å². The highest BCUT2D eigenvalue weighted by Crippen LogP contribution is 2.23. The lowest BCUT2D eigenvalue weighted by atomic mass is 10.1. The molecule has 1 heterocycles. The number of hydrogen-bond acceptors (Lipinski definition) is 3. The van der Waals surface area contributed by atoms with Crippen molar-refractivity contribution < 1.29 is 9.59 Å². The Morgan fingerprint density at radius 2 is 2.10 bits per heavy atom. The predicted octanol–water partition coefficient (Wildman–Crippen LogP) is 0.822. The van der Waals surface area contributed by atoms with Gasteiger partial charge in [0, 0.05) is 19.6 Å². The van der Waals surface area contributed by atoms with E-state index in [2.05, 4.69) is 5.32 Å². The summed E-state index contributed by atoms with van der Waals surface area (Å²) in [4.78, 5) is 25.2. The Bertz CT molecular complexity index is 536. The van der Waals surface area contributed by atoms with Crippen molar-refractivity contribution in [3.8, 4) is 0 Å². The highest BCUT2D eigenvalue weighted by Gasteiger charge is 2.30. The molecule has 0 aromatic heterocycles. The molecule has 1 aromatic rings. The van der Waals surface area contributed by atoms with Gasteiger partial charge in [-0.25, -0.2) is 0 Å². The number of halogens is 2. The molecule has 1 saturated heterocycles. The highest BCUT2D eigenvalue weighted by molar-refractivity contribution is 6.42. The number of nitrogens with one attached hydrogen (secondary N) is 1. The number of primary amides is 1. The average molecular weight is 316 g/mol. The first-order valence-corrected chi connectivity index (χ1v) is 6.98. The van der Waals surface area contributed by atoms with Crippen LogP contribution in [0.15, 0.2) is 18.2 Å². The Balaban J connectivity index is 2.09. The molecule has 1 atom stereocenters. The molecule has 7 heteroatoms. The van der Waals surface area contributed by atoms with Gasteiger partial charge in [-0.15, -0.1) is 0 Å². The van der Waals surface area contributed by atoms with Crippen LogP contribution in [0.3, 0.4) is 0 Å². The molecule has 1 fully saturated rings. The molecule has 108 valence electrons. The first kappa shape index (κ1) is 15.1. The van der Waals surface area contributed by atoms with Crippen molar-refractivity contribution in [3.63, 3.8) is 0 Å². The van der Waals surface area contributed by atoms with E-state index in [0.717, 1.165) is 5.56 Å². The second kappa shape index (κ2) is 6.43. The maximum atomic E-state index is 12.3. The molecule has 0 radical (unpaired) electrons. The minimum absolute atomic E-state index is 0.145. The van der Waals surface area contributed by atoms with Crippen molar-refractivity contribution in [1.82, 2.24) is 10.2 Å². The molecule has 2 rings (SSSR count). The van der Waals surface area contributed by atoms with Gasteiger partial charge in [-0.1, -0.05) is 29.3 Å². The smallest absolute Gasteiger partial charge is 0.241 e. The lowest BCUT2D eigenvalue weighted by molar-refractivity contribution is -0.139. The van der Waals surface area contributed by atoms with Crippen LogP contribution in [-0.2, 0) is 16.0 Å². The van der Waals surface area contributed by atoms with Gasteiger partial charge in [0.05, 0.1) is 16.5 Å². The minimum Gasteiger partial charge on any atom is -0.368 e. The molecule has 20 heavy (non-hydrogen) atoms. The monoisotopic (exact) mass is 315 g/mol. The minimum atomic E-state index is -0.598. The number of carbonyl (C=O) groups excluding carboxylic acids is 2. The van der Waals surface area contributed by atoms with Gasteiger partial charge in [0.2, 0.25) is 11.8 Å². The van der Waals surface area contributed by atoms with Crippen LogP contribution in [0.2, 0.25) is 10.0 Å². The second-order valence-corrected chi connectivity index (χ2v) is 5.45. The lowest BCUT2D eigenvalue weighted by Crippen LogP contribution is -2.59. The van der Waals surface area contributed by atoms with Crippen LogP contribution in [0.4, 0.5) is 0 Å². The molecule has 0 bridgehead atoms. The fourth-order valence-corrected chi connectivity index (χ4v) is 2.50. The maximum absolute atomic E-state index is 12.3. The van der Waals surface area contributed by atoms with E-state index in [-0.39, 0.29) is 12.3 Å². The Morgan fingerprint density at radius 1 is 1.35 bits per heavy atom. The van der Waals surface area contributed by atoms with Crippen LogP contribution in [-0.4, -0.2) is 42.4 Å². The third-order valence-electron chi connectivity index (χ3n) is 3.23. The summed E-state index contributed by atoms with van der Waals surface area (Å²) in [5.41, 5.74) is 6.08. The molecule has 1 aliphatic rings. The number of piperazine rings is 1. The summed E-state index contributed by atoms with van der Waals surface area (Å²) >= 11 is 11.8. The standard InChI is InChI=1S/C13H15Cl2N3O2/c14-9-2-1-8(5-10(9)15)6-12(19)18-4-3-17-7-11(18)13(16)20/h1-2,5,11,17H,3-4,6-7H2,(H2,16,20). The van der Waals surface area contributed by atoms with E-state index in [1.54, 1.807) is 18.2 Å². The fourth-order valence-electron chi connectivity index (χ4n) is 2.18. The summed E-state index contributed by atoms with van der Waals surface area (Å²) in [5.74, 6) is -0.645. The Morgan fingerprint density at radius 3 is 2.75 bits per heavy atom. The quantitative estimate of drug-likeness (QED) is 0.867. The molecule has 5 nitrogen and oxygen atoms in total. The van der Waals surface area contributed by atoms with Crippen LogP contribution in [0.5, 0.6) is 0 Å². The topological polar surface area (TPSA) is 75.4 Å². The van der Waals surface area contributed by atoms with E-state index < -0.39 is 11.9 Å². The third kappa shape index (κ3) is 3.42. The molecular formula is C13H15Cl2N3O2. The van der Waals surface area contributed by atoms with Crippen molar-refractivity contribution in [2.24, 2.45) is 5.73 Å². The Labute approximate surface area is 127 Å². The lowest BCUT2D eigenvalue weighted by Gasteiger charge is -2.34. The summed E-state index contributed by atoms with van der Waals surface area (Å²) in [7, 11) is 0. The normalized spacial score (nSPS) is 18.9. The van der Waals surface area contributed by atoms with E-state index in [1.807, 2.05) is 0 Å². The number of hydrogen-bond donors (Lipinski definition) is 2. The molecule has 1 aromatic carbocycles. The van der Waals surface area contributed by atoms with E-state index >= 15 is 0 Å². The zero-order valence-electron chi connectivity index (χ0n) is 10.7. The maximum Gasteiger partial charge on any atom is 0.241 e. The molecule has 0 aliphatic carbocycles. The molecule has 0 saturated carbocycles. The highest BCUT2D eigenvalue weighted by atomic mass is 35.5. The number of amides is 2. The van der Waals surface area contributed by atoms with E-state index in [1.165, 1.54) is 4.90 Å². The molecule has 2 amide bonds.